The lowest BCUT2D eigenvalue weighted by molar-refractivity contribution is -0.145. The molecule has 0 spiro atoms. The molecular formula is C14H18O4. The van der Waals surface area contributed by atoms with Gasteiger partial charge in [0.05, 0.1) is 6.10 Å². The molecular weight excluding hydrogens is 232 g/mol. The molecule has 1 unspecified atom stereocenters. The average Bonchev–Trinajstić information content (AvgIpc) is 2.36. The zero-order valence-electron chi connectivity index (χ0n) is 10.4. The molecule has 0 radical (unpaired) electrons. The van der Waals surface area contributed by atoms with Gasteiger partial charge in [-0.25, -0.2) is 4.79 Å². The molecule has 98 valence electrons. The Morgan fingerprint density at radius 1 is 1.56 bits per heavy atom. The number of benzene rings is 1. The van der Waals surface area contributed by atoms with Crippen molar-refractivity contribution in [1.29, 1.82) is 0 Å². The highest BCUT2D eigenvalue weighted by Crippen LogP contribution is 2.32. The number of aryl methyl sites for hydroxylation is 1. The monoisotopic (exact) mass is 250 g/mol. The van der Waals surface area contributed by atoms with Crippen molar-refractivity contribution < 1.29 is 19.7 Å². The second-order valence-electron chi connectivity index (χ2n) is 4.62. The SMILES string of the molecule is CCC(Oc1ccc2c(c1)[C@H](O)CCC2)C(=O)O. The summed E-state index contributed by atoms with van der Waals surface area (Å²) in [6, 6.07) is 5.47. The third-order valence-corrected chi connectivity index (χ3v) is 3.32. The molecule has 2 atom stereocenters. The van der Waals surface area contributed by atoms with Crippen LogP contribution in [0, 0.1) is 0 Å². The van der Waals surface area contributed by atoms with Gasteiger partial charge in [-0.2, -0.15) is 0 Å². The van der Waals surface area contributed by atoms with E-state index < -0.39 is 18.2 Å². The highest BCUT2D eigenvalue weighted by atomic mass is 16.5. The Kier molecular flexibility index (Phi) is 3.87. The average molecular weight is 250 g/mol. The summed E-state index contributed by atoms with van der Waals surface area (Å²) in [6.07, 6.45) is 1.83. The third-order valence-electron chi connectivity index (χ3n) is 3.32. The maximum absolute atomic E-state index is 10.9. The number of carbonyl (C=O) groups is 1. The van der Waals surface area contributed by atoms with Crippen LogP contribution < -0.4 is 4.74 Å². The van der Waals surface area contributed by atoms with Crippen molar-refractivity contribution in [1.82, 2.24) is 0 Å². The van der Waals surface area contributed by atoms with E-state index in [0.29, 0.717) is 12.2 Å². The van der Waals surface area contributed by atoms with Crippen LogP contribution in [0.2, 0.25) is 0 Å². The normalized spacial score (nSPS) is 20.0. The van der Waals surface area contributed by atoms with Crippen LogP contribution in [0.3, 0.4) is 0 Å². The second kappa shape index (κ2) is 5.40. The molecule has 1 aromatic carbocycles. The van der Waals surface area contributed by atoms with Crippen molar-refractivity contribution in [2.45, 2.75) is 44.8 Å². The standard InChI is InChI=1S/C14H18O4/c1-2-13(14(16)17)18-10-7-6-9-4-3-5-12(15)11(9)8-10/h6-8,12-13,15H,2-5H2,1H3,(H,16,17)/t12-,13?/m1/s1. The van der Waals surface area contributed by atoms with E-state index in [4.69, 9.17) is 9.84 Å². The fourth-order valence-corrected chi connectivity index (χ4v) is 2.30. The van der Waals surface area contributed by atoms with E-state index in [9.17, 15) is 9.90 Å². The van der Waals surface area contributed by atoms with Gasteiger partial charge in [0, 0.05) is 0 Å². The maximum atomic E-state index is 10.9. The lowest BCUT2D eigenvalue weighted by Gasteiger charge is -2.22. The number of fused-ring (bicyclic) bond motifs is 1. The van der Waals surface area contributed by atoms with Crippen LogP contribution in [0.4, 0.5) is 0 Å². The van der Waals surface area contributed by atoms with E-state index in [1.807, 2.05) is 6.07 Å². The minimum Gasteiger partial charge on any atom is -0.479 e. The first-order valence-corrected chi connectivity index (χ1v) is 6.32. The van der Waals surface area contributed by atoms with Gasteiger partial charge in [-0.05, 0) is 48.9 Å². The van der Waals surface area contributed by atoms with Crippen molar-refractivity contribution in [2.75, 3.05) is 0 Å². The van der Waals surface area contributed by atoms with Crippen LogP contribution >= 0.6 is 0 Å². The predicted molar refractivity (Wildman–Crippen MR) is 66.7 cm³/mol. The highest BCUT2D eigenvalue weighted by molar-refractivity contribution is 5.72. The Balaban J connectivity index is 2.20. The van der Waals surface area contributed by atoms with Gasteiger partial charge in [-0.1, -0.05) is 13.0 Å². The number of carboxylic acid groups (broad SMARTS) is 1. The van der Waals surface area contributed by atoms with E-state index in [2.05, 4.69) is 0 Å². The number of carboxylic acids is 1. The molecule has 0 bridgehead atoms. The van der Waals surface area contributed by atoms with Crippen LogP contribution in [0.25, 0.3) is 0 Å². The first-order chi connectivity index (χ1) is 8.61. The molecule has 18 heavy (non-hydrogen) atoms. The molecule has 4 heteroatoms. The number of aliphatic hydroxyl groups is 1. The smallest absolute Gasteiger partial charge is 0.344 e. The Morgan fingerprint density at radius 3 is 3.00 bits per heavy atom. The molecule has 0 amide bonds. The molecule has 1 aromatic rings. The largest absolute Gasteiger partial charge is 0.479 e. The summed E-state index contributed by atoms with van der Waals surface area (Å²) in [6.45, 7) is 1.77. The third kappa shape index (κ3) is 2.64. The van der Waals surface area contributed by atoms with Crippen molar-refractivity contribution in [3.05, 3.63) is 29.3 Å². The van der Waals surface area contributed by atoms with Crippen LogP contribution in [0.1, 0.15) is 43.4 Å². The summed E-state index contributed by atoms with van der Waals surface area (Å²) in [7, 11) is 0. The highest BCUT2D eigenvalue weighted by Gasteiger charge is 2.21. The first-order valence-electron chi connectivity index (χ1n) is 6.32. The molecule has 4 nitrogen and oxygen atoms in total. The van der Waals surface area contributed by atoms with E-state index in [1.54, 1.807) is 19.1 Å². The lowest BCUT2D eigenvalue weighted by Crippen LogP contribution is -2.26. The second-order valence-corrected chi connectivity index (χ2v) is 4.62. The van der Waals surface area contributed by atoms with Gasteiger partial charge >= 0.3 is 5.97 Å². The Labute approximate surface area is 106 Å². The number of ether oxygens (including phenoxy) is 1. The number of rotatable bonds is 4. The van der Waals surface area contributed by atoms with Crippen molar-refractivity contribution in [2.24, 2.45) is 0 Å². The molecule has 0 fully saturated rings. The summed E-state index contributed by atoms with van der Waals surface area (Å²) in [5.41, 5.74) is 2.00. The molecule has 0 heterocycles. The summed E-state index contributed by atoms with van der Waals surface area (Å²) >= 11 is 0. The Bertz CT molecular complexity index is 441. The zero-order chi connectivity index (χ0) is 13.1. The van der Waals surface area contributed by atoms with Crippen LogP contribution in [-0.2, 0) is 11.2 Å². The van der Waals surface area contributed by atoms with Crippen molar-refractivity contribution in [3.63, 3.8) is 0 Å². The molecule has 0 saturated heterocycles. The topological polar surface area (TPSA) is 66.8 Å². The predicted octanol–water partition coefficient (Wildman–Crippen LogP) is 2.30. The van der Waals surface area contributed by atoms with E-state index >= 15 is 0 Å². The number of aliphatic hydroxyl groups excluding tert-OH is 1. The lowest BCUT2D eigenvalue weighted by atomic mass is 9.89. The van der Waals surface area contributed by atoms with Gasteiger partial charge in [0.1, 0.15) is 5.75 Å². The summed E-state index contributed by atoms with van der Waals surface area (Å²) < 4.78 is 5.43. The number of hydrogen-bond acceptors (Lipinski definition) is 3. The maximum Gasteiger partial charge on any atom is 0.344 e. The molecule has 0 aromatic heterocycles. The van der Waals surface area contributed by atoms with Gasteiger partial charge in [0.15, 0.2) is 6.10 Å². The number of hydrogen-bond donors (Lipinski definition) is 2. The summed E-state index contributed by atoms with van der Waals surface area (Å²) in [5.74, 6) is -0.445. The molecule has 2 rings (SSSR count). The van der Waals surface area contributed by atoms with Gasteiger partial charge < -0.3 is 14.9 Å². The van der Waals surface area contributed by atoms with Gasteiger partial charge in [-0.15, -0.1) is 0 Å². The quantitative estimate of drug-likeness (QED) is 0.860. The van der Waals surface area contributed by atoms with Crippen LogP contribution in [0.15, 0.2) is 18.2 Å². The van der Waals surface area contributed by atoms with Crippen LogP contribution in [-0.4, -0.2) is 22.3 Å². The minimum absolute atomic E-state index is 0.412. The fraction of sp³-hybridized carbons (Fsp3) is 0.500. The minimum atomic E-state index is -0.962. The Hall–Kier alpha value is -1.55. The molecule has 1 aliphatic rings. The fourth-order valence-electron chi connectivity index (χ4n) is 2.30. The van der Waals surface area contributed by atoms with E-state index in [0.717, 1.165) is 30.4 Å². The molecule has 0 saturated carbocycles. The number of aliphatic carboxylic acids is 1. The first kappa shape index (κ1) is 12.9. The van der Waals surface area contributed by atoms with Gasteiger partial charge in [0.25, 0.3) is 0 Å². The molecule has 0 aliphatic heterocycles. The summed E-state index contributed by atoms with van der Waals surface area (Å²) in [4.78, 5) is 10.9. The van der Waals surface area contributed by atoms with Crippen molar-refractivity contribution >= 4 is 5.97 Å². The van der Waals surface area contributed by atoms with Gasteiger partial charge in [-0.3, -0.25) is 0 Å². The zero-order valence-corrected chi connectivity index (χ0v) is 10.4. The van der Waals surface area contributed by atoms with E-state index in [-0.39, 0.29) is 0 Å². The van der Waals surface area contributed by atoms with E-state index in [1.165, 1.54) is 0 Å². The van der Waals surface area contributed by atoms with Crippen molar-refractivity contribution in [3.8, 4) is 5.75 Å². The summed E-state index contributed by atoms with van der Waals surface area (Å²) in [5, 5.41) is 18.9. The molecule has 1 aliphatic carbocycles. The van der Waals surface area contributed by atoms with Crippen LogP contribution in [0.5, 0.6) is 5.75 Å². The van der Waals surface area contributed by atoms with Gasteiger partial charge in [0.2, 0.25) is 0 Å². The Morgan fingerprint density at radius 2 is 2.33 bits per heavy atom. The molecule has 2 N–H and O–H groups in total.